The monoisotopic (exact) mass is 316 g/mol. The number of aromatic nitrogens is 1. The van der Waals surface area contributed by atoms with E-state index in [1.807, 2.05) is 24.5 Å². The van der Waals surface area contributed by atoms with Gasteiger partial charge in [-0.15, -0.1) is 0 Å². The van der Waals surface area contributed by atoms with Gasteiger partial charge in [0.15, 0.2) is 0 Å². The largest absolute Gasteiger partial charge is 0.388 e. The molecule has 1 unspecified atom stereocenters. The van der Waals surface area contributed by atoms with E-state index in [1.54, 1.807) is 19.1 Å². The highest BCUT2D eigenvalue weighted by atomic mass is 19.1. The van der Waals surface area contributed by atoms with Crippen LogP contribution in [0.15, 0.2) is 42.7 Å². The van der Waals surface area contributed by atoms with E-state index in [2.05, 4.69) is 16.8 Å². The summed E-state index contributed by atoms with van der Waals surface area (Å²) < 4.78 is 13.3. The molecule has 1 atom stereocenters. The van der Waals surface area contributed by atoms with Gasteiger partial charge in [-0.05, 0) is 61.2 Å². The normalized spacial score (nSPS) is 12.6. The highest BCUT2D eigenvalue weighted by Crippen LogP contribution is 2.20. The maximum Gasteiger partial charge on any atom is 0.126 e. The van der Waals surface area contributed by atoms with E-state index in [0.29, 0.717) is 12.0 Å². The first-order valence-electron chi connectivity index (χ1n) is 8.15. The van der Waals surface area contributed by atoms with Gasteiger partial charge >= 0.3 is 0 Å². The minimum atomic E-state index is -0.552. The number of benzene rings is 1. The molecule has 0 bridgehead atoms. The van der Waals surface area contributed by atoms with Crippen molar-refractivity contribution in [2.75, 3.05) is 19.6 Å². The molecule has 0 aliphatic heterocycles. The van der Waals surface area contributed by atoms with Crippen LogP contribution in [0.5, 0.6) is 0 Å². The Morgan fingerprint density at radius 2 is 1.91 bits per heavy atom. The summed E-state index contributed by atoms with van der Waals surface area (Å²) in [5, 5.41) is 10.3. The summed E-state index contributed by atoms with van der Waals surface area (Å²) in [4.78, 5) is 6.35. The molecule has 0 spiro atoms. The number of nitrogens with zero attached hydrogens (tertiary/aromatic N) is 2. The van der Waals surface area contributed by atoms with Crippen molar-refractivity contribution in [3.63, 3.8) is 0 Å². The van der Waals surface area contributed by atoms with Crippen molar-refractivity contribution in [1.82, 2.24) is 9.88 Å². The third-order valence-electron chi connectivity index (χ3n) is 4.20. The first-order chi connectivity index (χ1) is 11.1. The quantitative estimate of drug-likeness (QED) is 0.809. The Balaban J connectivity index is 1.83. The average Bonchev–Trinajstić information content (AvgIpc) is 2.58. The molecule has 0 radical (unpaired) electrons. The molecule has 0 aliphatic carbocycles. The number of aryl methyl sites for hydroxylation is 1. The first-order valence-corrected chi connectivity index (χ1v) is 8.15. The topological polar surface area (TPSA) is 36.4 Å². The maximum absolute atomic E-state index is 13.3. The summed E-state index contributed by atoms with van der Waals surface area (Å²) in [7, 11) is 0. The minimum absolute atomic E-state index is 0.228. The van der Waals surface area contributed by atoms with Gasteiger partial charge in [-0.3, -0.25) is 4.98 Å². The molecule has 1 aromatic carbocycles. The molecule has 0 saturated heterocycles. The summed E-state index contributed by atoms with van der Waals surface area (Å²) in [6.07, 6.45) is 4.69. The zero-order chi connectivity index (χ0) is 16.7. The van der Waals surface area contributed by atoms with E-state index in [0.717, 1.165) is 31.6 Å². The molecular weight excluding hydrogens is 291 g/mol. The zero-order valence-corrected chi connectivity index (χ0v) is 13.9. The van der Waals surface area contributed by atoms with Crippen LogP contribution in [-0.2, 0) is 6.42 Å². The summed E-state index contributed by atoms with van der Waals surface area (Å²) >= 11 is 0. The molecule has 1 aromatic heterocycles. The Bertz CT molecular complexity index is 604. The van der Waals surface area contributed by atoms with Crippen molar-refractivity contribution in [2.45, 2.75) is 32.8 Å². The first kappa shape index (κ1) is 17.6. The van der Waals surface area contributed by atoms with Gasteiger partial charge in [-0.2, -0.15) is 0 Å². The molecule has 2 rings (SSSR count). The highest BCUT2D eigenvalue weighted by Gasteiger charge is 2.11. The second-order valence-electron chi connectivity index (χ2n) is 5.85. The van der Waals surface area contributed by atoms with Crippen LogP contribution in [0.2, 0.25) is 0 Å². The summed E-state index contributed by atoms with van der Waals surface area (Å²) in [5.41, 5.74) is 2.63. The standard InChI is InChI=1S/C19H25FN2O/c1-3-22(12-8-16-6-10-21-11-7-16)13-9-19(23)17-4-5-18(20)15(2)14-17/h4-7,10-11,14,19,23H,3,8-9,12-13H2,1-2H3. The van der Waals surface area contributed by atoms with Crippen molar-refractivity contribution in [3.05, 3.63) is 65.2 Å². The number of halogens is 1. The molecule has 0 saturated carbocycles. The number of likely N-dealkylation sites (N-methyl/N-ethyl adjacent to an activating group) is 1. The van der Waals surface area contributed by atoms with Crippen molar-refractivity contribution in [1.29, 1.82) is 0 Å². The Kier molecular flexibility index (Phi) is 6.68. The van der Waals surface area contributed by atoms with Crippen LogP contribution in [-0.4, -0.2) is 34.6 Å². The Morgan fingerprint density at radius 1 is 1.17 bits per heavy atom. The minimum Gasteiger partial charge on any atom is -0.388 e. The number of hydrogen-bond donors (Lipinski definition) is 1. The van der Waals surface area contributed by atoms with Crippen LogP contribution in [0, 0.1) is 12.7 Å². The van der Waals surface area contributed by atoms with Crippen LogP contribution in [0.1, 0.15) is 36.1 Å². The number of aliphatic hydroxyl groups is 1. The van der Waals surface area contributed by atoms with Crippen molar-refractivity contribution >= 4 is 0 Å². The number of rotatable bonds is 8. The lowest BCUT2D eigenvalue weighted by Crippen LogP contribution is -2.28. The Labute approximate surface area is 137 Å². The zero-order valence-electron chi connectivity index (χ0n) is 13.9. The summed E-state index contributed by atoms with van der Waals surface area (Å²) in [5.74, 6) is -0.228. The van der Waals surface area contributed by atoms with E-state index in [9.17, 15) is 9.50 Å². The van der Waals surface area contributed by atoms with Crippen LogP contribution in [0.3, 0.4) is 0 Å². The second-order valence-corrected chi connectivity index (χ2v) is 5.85. The molecule has 0 fully saturated rings. The van der Waals surface area contributed by atoms with Gasteiger partial charge < -0.3 is 10.0 Å². The van der Waals surface area contributed by atoms with E-state index in [1.165, 1.54) is 11.6 Å². The molecule has 0 amide bonds. The molecule has 1 N–H and O–H groups in total. The smallest absolute Gasteiger partial charge is 0.126 e. The van der Waals surface area contributed by atoms with Gasteiger partial charge in [-0.1, -0.05) is 19.1 Å². The summed E-state index contributed by atoms with van der Waals surface area (Å²) in [6.45, 7) is 6.56. The SMILES string of the molecule is CCN(CCc1ccncc1)CCC(O)c1ccc(F)c(C)c1. The number of hydrogen-bond acceptors (Lipinski definition) is 3. The fourth-order valence-electron chi connectivity index (χ4n) is 2.61. The fourth-order valence-corrected chi connectivity index (χ4v) is 2.61. The fraction of sp³-hybridized carbons (Fsp3) is 0.421. The van der Waals surface area contributed by atoms with Gasteiger partial charge in [0, 0.05) is 25.5 Å². The van der Waals surface area contributed by atoms with E-state index in [4.69, 9.17) is 0 Å². The van der Waals surface area contributed by atoms with Gasteiger partial charge in [0.05, 0.1) is 6.10 Å². The van der Waals surface area contributed by atoms with Crippen LogP contribution >= 0.6 is 0 Å². The lowest BCUT2D eigenvalue weighted by Gasteiger charge is -2.22. The lowest BCUT2D eigenvalue weighted by atomic mass is 10.0. The van der Waals surface area contributed by atoms with Gasteiger partial charge in [0.1, 0.15) is 5.82 Å². The van der Waals surface area contributed by atoms with E-state index in [-0.39, 0.29) is 5.82 Å². The number of aliphatic hydroxyl groups excluding tert-OH is 1. The van der Waals surface area contributed by atoms with Crippen LogP contribution in [0.25, 0.3) is 0 Å². The van der Waals surface area contributed by atoms with Crippen molar-refractivity contribution in [3.8, 4) is 0 Å². The molecule has 4 heteroatoms. The average molecular weight is 316 g/mol. The molecule has 23 heavy (non-hydrogen) atoms. The lowest BCUT2D eigenvalue weighted by molar-refractivity contribution is 0.144. The van der Waals surface area contributed by atoms with Crippen LogP contribution in [0.4, 0.5) is 4.39 Å². The van der Waals surface area contributed by atoms with E-state index < -0.39 is 6.10 Å². The van der Waals surface area contributed by atoms with E-state index >= 15 is 0 Å². The molecule has 124 valence electrons. The maximum atomic E-state index is 13.3. The van der Waals surface area contributed by atoms with Gasteiger partial charge in [0.25, 0.3) is 0 Å². The third-order valence-corrected chi connectivity index (χ3v) is 4.20. The Hall–Kier alpha value is -1.78. The third kappa shape index (κ3) is 5.41. The predicted octanol–water partition coefficient (Wildman–Crippen LogP) is 3.52. The molecule has 0 aliphatic rings. The Morgan fingerprint density at radius 3 is 2.57 bits per heavy atom. The van der Waals surface area contributed by atoms with Crippen molar-refractivity contribution in [2.24, 2.45) is 0 Å². The van der Waals surface area contributed by atoms with Crippen LogP contribution < -0.4 is 0 Å². The molecular formula is C19H25FN2O. The molecule has 3 nitrogen and oxygen atoms in total. The predicted molar refractivity (Wildman–Crippen MR) is 90.8 cm³/mol. The van der Waals surface area contributed by atoms with Gasteiger partial charge in [-0.25, -0.2) is 4.39 Å². The second kappa shape index (κ2) is 8.75. The number of pyridine rings is 1. The van der Waals surface area contributed by atoms with Crippen molar-refractivity contribution < 1.29 is 9.50 Å². The molecule has 2 aromatic rings. The summed E-state index contributed by atoms with van der Waals surface area (Å²) in [6, 6.07) is 8.89. The highest BCUT2D eigenvalue weighted by molar-refractivity contribution is 5.25. The van der Waals surface area contributed by atoms with Gasteiger partial charge in [0.2, 0.25) is 0 Å². The molecule has 1 heterocycles.